The highest BCUT2D eigenvalue weighted by Crippen LogP contribution is 2.25. The van der Waals surface area contributed by atoms with Gasteiger partial charge in [0.05, 0.1) is 0 Å². The zero-order valence-corrected chi connectivity index (χ0v) is 14.8. The lowest BCUT2D eigenvalue weighted by molar-refractivity contribution is 0.409. The molecule has 0 fully saturated rings. The third-order valence-corrected chi connectivity index (χ3v) is 3.69. The van der Waals surface area contributed by atoms with E-state index >= 15 is 0 Å². The fourth-order valence-corrected chi connectivity index (χ4v) is 2.70. The van der Waals surface area contributed by atoms with Gasteiger partial charge in [0.15, 0.2) is 0 Å². The molecule has 2 N–H and O–H groups in total. The summed E-state index contributed by atoms with van der Waals surface area (Å²) in [5.74, 6) is 0.645. The maximum atomic E-state index is 5.76. The number of hydrogen-bond acceptors (Lipinski definition) is 3. The van der Waals surface area contributed by atoms with Crippen LogP contribution in [0.3, 0.4) is 0 Å². The summed E-state index contributed by atoms with van der Waals surface area (Å²) in [5.41, 5.74) is 8.42. The standard InChI is InChI=1S/C16H28BrN3/c1-13(2)12-20(10-9-19(3)4)16-6-5-15(17)11-14(16)7-8-18/h5-6,11,13H,7-10,12,18H2,1-4H3. The number of nitrogens with two attached hydrogens (primary N) is 1. The molecule has 0 heterocycles. The maximum absolute atomic E-state index is 5.76. The number of likely N-dealkylation sites (N-methyl/N-ethyl adjacent to an activating group) is 1. The lowest BCUT2D eigenvalue weighted by Crippen LogP contribution is -2.35. The first kappa shape index (κ1) is 17.5. The Kier molecular flexibility index (Phi) is 7.56. The van der Waals surface area contributed by atoms with Crippen LogP contribution in [0.5, 0.6) is 0 Å². The van der Waals surface area contributed by atoms with Crippen LogP contribution >= 0.6 is 15.9 Å². The molecule has 0 radical (unpaired) electrons. The van der Waals surface area contributed by atoms with Crippen LogP contribution in [0, 0.1) is 5.92 Å². The minimum absolute atomic E-state index is 0.645. The van der Waals surface area contributed by atoms with Crippen LogP contribution in [0.25, 0.3) is 0 Å². The van der Waals surface area contributed by atoms with Crippen molar-refractivity contribution < 1.29 is 0 Å². The van der Waals surface area contributed by atoms with Crippen LogP contribution in [0.4, 0.5) is 5.69 Å². The van der Waals surface area contributed by atoms with Gasteiger partial charge in [-0.3, -0.25) is 0 Å². The van der Waals surface area contributed by atoms with Gasteiger partial charge < -0.3 is 15.5 Å². The van der Waals surface area contributed by atoms with Crippen molar-refractivity contribution in [2.75, 3.05) is 45.2 Å². The topological polar surface area (TPSA) is 32.5 Å². The predicted molar refractivity (Wildman–Crippen MR) is 92.5 cm³/mol. The van der Waals surface area contributed by atoms with Gasteiger partial charge in [0, 0.05) is 29.8 Å². The van der Waals surface area contributed by atoms with Crippen molar-refractivity contribution in [1.82, 2.24) is 4.90 Å². The molecule has 0 amide bonds. The quantitative estimate of drug-likeness (QED) is 0.788. The van der Waals surface area contributed by atoms with Crippen molar-refractivity contribution in [2.24, 2.45) is 11.7 Å². The minimum Gasteiger partial charge on any atom is -0.370 e. The molecule has 0 aliphatic carbocycles. The molecule has 4 heteroatoms. The lowest BCUT2D eigenvalue weighted by atomic mass is 10.1. The predicted octanol–water partition coefficient (Wildman–Crippen LogP) is 2.97. The molecule has 114 valence electrons. The Bertz CT molecular complexity index is 405. The largest absolute Gasteiger partial charge is 0.370 e. The van der Waals surface area contributed by atoms with Crippen molar-refractivity contribution >= 4 is 21.6 Å². The monoisotopic (exact) mass is 341 g/mol. The summed E-state index contributed by atoms with van der Waals surface area (Å²) in [6.45, 7) is 8.41. The molecular formula is C16H28BrN3. The summed E-state index contributed by atoms with van der Waals surface area (Å²) in [7, 11) is 4.24. The van der Waals surface area contributed by atoms with Crippen LogP contribution < -0.4 is 10.6 Å². The molecule has 0 spiro atoms. The third-order valence-electron chi connectivity index (χ3n) is 3.20. The number of benzene rings is 1. The van der Waals surface area contributed by atoms with Gasteiger partial charge in [-0.05, 0) is 56.7 Å². The summed E-state index contributed by atoms with van der Waals surface area (Å²) >= 11 is 3.56. The van der Waals surface area contributed by atoms with Crippen LogP contribution in [0.15, 0.2) is 22.7 Å². The normalized spacial score (nSPS) is 11.4. The van der Waals surface area contributed by atoms with Gasteiger partial charge >= 0.3 is 0 Å². The highest BCUT2D eigenvalue weighted by Gasteiger charge is 2.13. The van der Waals surface area contributed by atoms with Gasteiger partial charge in [-0.15, -0.1) is 0 Å². The SMILES string of the molecule is CC(C)CN(CCN(C)C)c1ccc(Br)cc1CCN. The van der Waals surface area contributed by atoms with E-state index in [0.717, 1.165) is 30.5 Å². The van der Waals surface area contributed by atoms with Crippen LogP contribution in [-0.4, -0.2) is 45.2 Å². The van der Waals surface area contributed by atoms with Crippen LogP contribution in [-0.2, 0) is 6.42 Å². The molecule has 0 aliphatic rings. The molecule has 0 saturated carbocycles. The molecule has 1 aromatic carbocycles. The van der Waals surface area contributed by atoms with Crippen molar-refractivity contribution in [3.05, 3.63) is 28.2 Å². The average molecular weight is 342 g/mol. The second kappa shape index (κ2) is 8.65. The number of hydrogen-bond donors (Lipinski definition) is 1. The Morgan fingerprint density at radius 2 is 1.90 bits per heavy atom. The molecular weight excluding hydrogens is 314 g/mol. The fraction of sp³-hybridized carbons (Fsp3) is 0.625. The van der Waals surface area contributed by atoms with E-state index in [2.05, 4.69) is 71.9 Å². The van der Waals surface area contributed by atoms with Crippen molar-refractivity contribution in [3.8, 4) is 0 Å². The highest BCUT2D eigenvalue weighted by atomic mass is 79.9. The second-order valence-electron chi connectivity index (χ2n) is 5.95. The van der Waals surface area contributed by atoms with Crippen molar-refractivity contribution in [3.63, 3.8) is 0 Å². The Morgan fingerprint density at radius 1 is 1.20 bits per heavy atom. The van der Waals surface area contributed by atoms with Gasteiger partial charge in [0.2, 0.25) is 0 Å². The second-order valence-corrected chi connectivity index (χ2v) is 6.87. The number of nitrogens with zero attached hydrogens (tertiary/aromatic N) is 2. The van der Waals surface area contributed by atoms with Crippen LogP contribution in [0.2, 0.25) is 0 Å². The van der Waals surface area contributed by atoms with Gasteiger partial charge in [-0.2, -0.15) is 0 Å². The Labute approximate surface area is 132 Å². The van der Waals surface area contributed by atoms with Gasteiger partial charge in [-0.1, -0.05) is 29.8 Å². The van der Waals surface area contributed by atoms with Gasteiger partial charge in [-0.25, -0.2) is 0 Å². The fourth-order valence-electron chi connectivity index (χ4n) is 2.29. The van der Waals surface area contributed by atoms with E-state index in [0.29, 0.717) is 12.5 Å². The first-order valence-corrected chi connectivity index (χ1v) is 8.11. The molecule has 0 aliphatic heterocycles. The average Bonchev–Trinajstić information content (AvgIpc) is 2.35. The molecule has 1 aromatic rings. The first-order valence-electron chi connectivity index (χ1n) is 7.32. The van der Waals surface area contributed by atoms with E-state index < -0.39 is 0 Å². The number of halogens is 1. The number of rotatable bonds is 8. The summed E-state index contributed by atoms with van der Waals surface area (Å²) in [6, 6.07) is 6.54. The maximum Gasteiger partial charge on any atom is 0.0400 e. The summed E-state index contributed by atoms with van der Waals surface area (Å²) in [6.07, 6.45) is 0.922. The molecule has 20 heavy (non-hydrogen) atoms. The van der Waals surface area contributed by atoms with Crippen LogP contribution in [0.1, 0.15) is 19.4 Å². The molecule has 0 bridgehead atoms. The van der Waals surface area contributed by atoms with E-state index in [1.165, 1.54) is 11.3 Å². The molecule has 0 saturated heterocycles. The van der Waals surface area contributed by atoms with Crippen molar-refractivity contribution in [1.29, 1.82) is 0 Å². The highest BCUT2D eigenvalue weighted by molar-refractivity contribution is 9.10. The molecule has 1 rings (SSSR count). The van der Waals surface area contributed by atoms with E-state index in [4.69, 9.17) is 5.73 Å². The van der Waals surface area contributed by atoms with E-state index in [1.54, 1.807) is 0 Å². The first-order chi connectivity index (χ1) is 9.43. The molecule has 0 aromatic heterocycles. The molecule has 0 unspecified atom stereocenters. The zero-order valence-electron chi connectivity index (χ0n) is 13.2. The molecule has 0 atom stereocenters. The third kappa shape index (κ3) is 5.81. The Hall–Kier alpha value is -0.580. The summed E-state index contributed by atoms with van der Waals surface area (Å²) < 4.78 is 1.13. The van der Waals surface area contributed by atoms with E-state index in [-0.39, 0.29) is 0 Å². The van der Waals surface area contributed by atoms with Gasteiger partial charge in [0.1, 0.15) is 0 Å². The summed E-state index contributed by atoms with van der Waals surface area (Å²) in [4.78, 5) is 4.72. The Morgan fingerprint density at radius 3 is 2.45 bits per heavy atom. The minimum atomic E-state index is 0.645. The number of anilines is 1. The van der Waals surface area contributed by atoms with Gasteiger partial charge in [0.25, 0.3) is 0 Å². The van der Waals surface area contributed by atoms with E-state index in [1.807, 2.05) is 0 Å². The lowest BCUT2D eigenvalue weighted by Gasteiger charge is -2.30. The van der Waals surface area contributed by atoms with E-state index in [9.17, 15) is 0 Å². The zero-order chi connectivity index (χ0) is 15.1. The molecule has 3 nitrogen and oxygen atoms in total. The van der Waals surface area contributed by atoms with Crippen molar-refractivity contribution in [2.45, 2.75) is 20.3 Å². The Balaban J connectivity index is 2.98. The summed E-state index contributed by atoms with van der Waals surface area (Å²) in [5, 5.41) is 0. The smallest absolute Gasteiger partial charge is 0.0400 e.